The number of hydrogen-bond acceptors (Lipinski definition) is 6. The molecule has 3 aromatic carbocycles. The number of carbonyl (C=O) groups excluding carboxylic acids is 1. The zero-order chi connectivity index (χ0) is 25.5. The normalized spacial score (nSPS) is 10.5. The van der Waals surface area contributed by atoms with Gasteiger partial charge >= 0.3 is 6.03 Å². The highest BCUT2D eigenvalue weighted by atomic mass is 19.1. The maximum absolute atomic E-state index is 14.7. The molecule has 0 atom stereocenters. The molecule has 0 saturated carbocycles. The van der Waals surface area contributed by atoms with Crippen LogP contribution in [-0.4, -0.2) is 24.2 Å². The van der Waals surface area contributed by atoms with Crippen molar-refractivity contribution in [2.24, 2.45) is 5.73 Å². The summed E-state index contributed by atoms with van der Waals surface area (Å²) >= 11 is 0. The fraction of sp³-hybridized carbons (Fsp3) is 0.115. The summed E-state index contributed by atoms with van der Waals surface area (Å²) in [4.78, 5) is 16.5. The minimum atomic E-state index is -0.728. The molecule has 0 aliphatic carbocycles. The van der Waals surface area contributed by atoms with E-state index >= 15 is 0 Å². The van der Waals surface area contributed by atoms with E-state index in [1.807, 2.05) is 0 Å². The lowest BCUT2D eigenvalue weighted by Gasteiger charge is -2.13. The van der Waals surface area contributed by atoms with Gasteiger partial charge in [0.25, 0.3) is 0 Å². The molecule has 0 spiro atoms. The van der Waals surface area contributed by atoms with Crippen LogP contribution < -0.4 is 25.8 Å². The molecule has 2 amide bonds. The molecule has 182 valence electrons. The number of anilines is 2. The van der Waals surface area contributed by atoms with Crippen LogP contribution in [0.15, 0.2) is 66.9 Å². The molecule has 4 aromatic rings. The number of ether oxygens (including phenoxy) is 2. The lowest BCUT2D eigenvalue weighted by molar-refractivity contribution is 0.262. The molecule has 0 aliphatic rings. The number of halogens is 2. The van der Waals surface area contributed by atoms with Gasteiger partial charge in [0.1, 0.15) is 35.0 Å². The number of nitriles is 1. The van der Waals surface area contributed by atoms with Gasteiger partial charge in [0.2, 0.25) is 0 Å². The Hall–Kier alpha value is -4.75. The predicted molar refractivity (Wildman–Crippen MR) is 131 cm³/mol. The van der Waals surface area contributed by atoms with Crippen molar-refractivity contribution in [2.75, 3.05) is 23.8 Å². The van der Waals surface area contributed by atoms with Crippen LogP contribution in [0.4, 0.5) is 25.0 Å². The van der Waals surface area contributed by atoms with Crippen LogP contribution in [0.3, 0.4) is 0 Å². The average molecular weight is 489 g/mol. The summed E-state index contributed by atoms with van der Waals surface area (Å²) in [5.41, 5.74) is 6.60. The Morgan fingerprint density at radius 1 is 1.03 bits per heavy atom. The Morgan fingerprint density at radius 3 is 2.56 bits per heavy atom. The van der Waals surface area contributed by atoms with Crippen molar-refractivity contribution in [2.45, 2.75) is 6.42 Å². The van der Waals surface area contributed by atoms with Gasteiger partial charge in [-0.25, -0.2) is 13.6 Å². The molecule has 10 heteroatoms. The smallest absolute Gasteiger partial charge is 0.323 e. The maximum Gasteiger partial charge on any atom is 0.323 e. The number of nitrogens with zero attached hydrogens (tertiary/aromatic N) is 2. The lowest BCUT2D eigenvalue weighted by Crippen LogP contribution is -2.20. The van der Waals surface area contributed by atoms with Crippen molar-refractivity contribution in [3.63, 3.8) is 0 Å². The first-order chi connectivity index (χ1) is 17.5. The lowest BCUT2D eigenvalue weighted by atomic mass is 10.1. The number of pyridine rings is 1. The van der Waals surface area contributed by atoms with Gasteiger partial charge in [0.15, 0.2) is 0 Å². The molecule has 36 heavy (non-hydrogen) atoms. The fourth-order valence-electron chi connectivity index (χ4n) is 3.32. The number of nitrogens with two attached hydrogens (primary N) is 1. The second kappa shape index (κ2) is 11.1. The van der Waals surface area contributed by atoms with Crippen molar-refractivity contribution >= 4 is 28.3 Å². The molecule has 0 unspecified atom stereocenters. The van der Waals surface area contributed by atoms with Crippen LogP contribution in [0.25, 0.3) is 10.9 Å². The van der Waals surface area contributed by atoms with Gasteiger partial charge in [0.05, 0.1) is 23.4 Å². The molecule has 1 heterocycles. The fourth-order valence-corrected chi connectivity index (χ4v) is 3.32. The molecule has 0 bridgehead atoms. The highest BCUT2D eigenvalue weighted by Crippen LogP contribution is 2.34. The zero-order valence-electron chi connectivity index (χ0n) is 18.9. The van der Waals surface area contributed by atoms with Gasteiger partial charge in [-0.15, -0.1) is 0 Å². The Bertz CT molecular complexity index is 1440. The van der Waals surface area contributed by atoms with E-state index in [2.05, 4.69) is 21.7 Å². The van der Waals surface area contributed by atoms with Crippen molar-refractivity contribution in [3.05, 3.63) is 84.1 Å². The number of carbonyl (C=O) groups is 1. The monoisotopic (exact) mass is 489 g/mol. The molecular formula is C26H21F2N5O3. The van der Waals surface area contributed by atoms with Crippen molar-refractivity contribution in [1.82, 2.24) is 4.98 Å². The van der Waals surface area contributed by atoms with Gasteiger partial charge in [-0.3, -0.25) is 4.98 Å². The number of fused-ring (bicyclic) bond motifs is 1. The molecule has 0 saturated heterocycles. The van der Waals surface area contributed by atoms with E-state index < -0.39 is 17.7 Å². The van der Waals surface area contributed by atoms with E-state index in [4.69, 9.17) is 15.2 Å². The van der Waals surface area contributed by atoms with Crippen LogP contribution in [0.5, 0.6) is 17.2 Å². The number of nitrogens with one attached hydrogen (secondary N) is 2. The van der Waals surface area contributed by atoms with E-state index in [-0.39, 0.29) is 11.4 Å². The molecule has 8 nitrogen and oxygen atoms in total. The molecule has 1 aromatic heterocycles. The molecule has 0 radical (unpaired) electrons. The van der Waals surface area contributed by atoms with Crippen LogP contribution in [0, 0.1) is 23.0 Å². The largest absolute Gasteiger partial charge is 0.492 e. The third-order valence-corrected chi connectivity index (χ3v) is 5.05. The molecule has 4 N–H and O–H groups in total. The van der Waals surface area contributed by atoms with Gasteiger partial charge in [-0.05, 0) is 61.5 Å². The van der Waals surface area contributed by atoms with Crippen molar-refractivity contribution in [3.8, 4) is 23.3 Å². The SMILES string of the molecule is N#Cc1cc2c(Oc3ccc(NC(=O)Nc4ccc(F)cc4)c(F)c3)ccnc2cc1OCCCN. The number of benzene rings is 3. The summed E-state index contributed by atoms with van der Waals surface area (Å²) in [6, 6.07) is 15.4. The number of urea groups is 1. The van der Waals surface area contributed by atoms with Crippen LogP contribution in [-0.2, 0) is 0 Å². The Kier molecular flexibility index (Phi) is 7.53. The first-order valence-electron chi connectivity index (χ1n) is 10.9. The standard InChI is InChI=1S/C26H21F2N5O3/c27-17-2-4-18(5-3-17)32-26(34)33-22-7-6-19(13-21(22)28)36-24-8-10-31-23-14-25(35-11-1-9-29)16(15-30)12-20(23)24/h2-8,10,12-14H,1,9,11,29H2,(H2,32,33,34). The van der Waals surface area contributed by atoms with Gasteiger partial charge in [0, 0.05) is 29.4 Å². The quantitative estimate of drug-likeness (QED) is 0.279. The first kappa shape index (κ1) is 24.4. The average Bonchev–Trinajstić information content (AvgIpc) is 2.87. The number of aromatic nitrogens is 1. The summed E-state index contributed by atoms with van der Waals surface area (Å²) in [6.45, 7) is 0.837. The molecule has 0 aliphatic heterocycles. The Labute approximate surface area is 205 Å². The highest BCUT2D eigenvalue weighted by Gasteiger charge is 2.13. The number of amides is 2. The van der Waals surface area contributed by atoms with E-state index in [1.54, 1.807) is 18.2 Å². The van der Waals surface area contributed by atoms with E-state index in [1.165, 1.54) is 42.6 Å². The van der Waals surface area contributed by atoms with Crippen molar-refractivity contribution < 1.29 is 23.0 Å². The molecular weight excluding hydrogens is 468 g/mol. The first-order valence-corrected chi connectivity index (χ1v) is 10.9. The van der Waals surface area contributed by atoms with Gasteiger partial charge in [-0.1, -0.05) is 0 Å². The topological polar surface area (TPSA) is 122 Å². The second-order valence-corrected chi connectivity index (χ2v) is 7.61. The van der Waals surface area contributed by atoms with Crippen LogP contribution in [0.2, 0.25) is 0 Å². The summed E-state index contributed by atoms with van der Waals surface area (Å²) in [6.07, 6.45) is 2.17. The summed E-state index contributed by atoms with van der Waals surface area (Å²) in [5.74, 6) is -0.243. The minimum absolute atomic E-state index is 0.0763. The van der Waals surface area contributed by atoms with Crippen molar-refractivity contribution in [1.29, 1.82) is 5.26 Å². The second-order valence-electron chi connectivity index (χ2n) is 7.61. The van der Waals surface area contributed by atoms with Gasteiger partial charge < -0.3 is 25.8 Å². The summed E-state index contributed by atoms with van der Waals surface area (Å²) in [7, 11) is 0. The van der Waals surface area contributed by atoms with E-state index in [0.717, 1.165) is 6.07 Å². The summed E-state index contributed by atoms with van der Waals surface area (Å²) in [5, 5.41) is 15.0. The number of rotatable bonds is 8. The Balaban J connectivity index is 1.50. The van der Waals surface area contributed by atoms with E-state index in [9.17, 15) is 18.8 Å². The minimum Gasteiger partial charge on any atom is -0.492 e. The Morgan fingerprint density at radius 2 is 1.83 bits per heavy atom. The summed E-state index contributed by atoms with van der Waals surface area (Å²) < 4.78 is 39.2. The predicted octanol–water partition coefficient (Wildman–Crippen LogP) is 5.55. The third-order valence-electron chi connectivity index (χ3n) is 5.05. The van der Waals surface area contributed by atoms with Gasteiger partial charge in [-0.2, -0.15) is 5.26 Å². The maximum atomic E-state index is 14.7. The van der Waals surface area contributed by atoms with E-state index in [0.29, 0.717) is 53.2 Å². The van der Waals surface area contributed by atoms with Crippen LogP contribution >= 0.6 is 0 Å². The number of hydrogen-bond donors (Lipinski definition) is 3. The van der Waals surface area contributed by atoms with Crippen LogP contribution in [0.1, 0.15) is 12.0 Å². The third kappa shape index (κ3) is 5.84. The molecule has 0 fully saturated rings. The zero-order valence-corrected chi connectivity index (χ0v) is 18.9. The molecule has 4 rings (SSSR count). The highest BCUT2D eigenvalue weighted by molar-refractivity contribution is 5.99.